The van der Waals surface area contributed by atoms with Gasteiger partial charge in [-0.25, -0.2) is 4.39 Å². The highest BCUT2D eigenvalue weighted by atomic mass is 19.4. The van der Waals surface area contributed by atoms with Gasteiger partial charge in [-0.15, -0.1) is 0 Å². The number of hydrogen-bond donors (Lipinski definition) is 2. The van der Waals surface area contributed by atoms with Crippen molar-refractivity contribution >= 4 is 23.3 Å². The Morgan fingerprint density at radius 3 is 2.46 bits per heavy atom. The van der Waals surface area contributed by atoms with Crippen LogP contribution in [0.1, 0.15) is 21.8 Å². The average Bonchev–Trinajstić information content (AvgIpc) is 3.67. The Hall–Kier alpha value is -4.95. The van der Waals surface area contributed by atoms with Gasteiger partial charge in [-0.3, -0.25) is 14.6 Å². The van der Waals surface area contributed by atoms with Crippen LogP contribution in [0.15, 0.2) is 64.0 Å². The van der Waals surface area contributed by atoms with Crippen molar-refractivity contribution in [1.82, 2.24) is 25.5 Å². The van der Waals surface area contributed by atoms with Crippen LogP contribution in [0, 0.1) is 5.82 Å². The molecule has 1 saturated heterocycles. The van der Waals surface area contributed by atoms with Crippen LogP contribution in [0.3, 0.4) is 0 Å². The minimum Gasteiger partial charge on any atom is -0.366 e. The molecule has 0 spiro atoms. The molecule has 11 nitrogen and oxygen atoms in total. The fourth-order valence-electron chi connectivity index (χ4n) is 4.20. The topological polar surface area (TPSA) is 130 Å². The standard InChI is InChI=1S/C26H23F4N7O4/c27-19-11-16(20-12-18(41-34-20)14-32-23-5-10-40-35-23)1-3-21(19)36-6-8-37(9-7-36)24(38)15-33-25(39)17-2-4-22(31-13-17)26(28,29)30/h1-5,10-13H,6-9,14-15H2,(H,32,35)(H,33,39). The number of benzene rings is 1. The van der Waals surface area contributed by atoms with Crippen molar-refractivity contribution in [2.45, 2.75) is 12.7 Å². The van der Waals surface area contributed by atoms with E-state index in [1.807, 2.05) is 4.90 Å². The molecule has 214 valence electrons. The van der Waals surface area contributed by atoms with Crippen LogP contribution >= 0.6 is 0 Å². The number of rotatable bonds is 8. The van der Waals surface area contributed by atoms with E-state index in [1.165, 1.54) is 17.2 Å². The number of halogens is 4. The van der Waals surface area contributed by atoms with Gasteiger partial charge in [0.25, 0.3) is 5.91 Å². The van der Waals surface area contributed by atoms with Crippen LogP contribution in [0.25, 0.3) is 11.3 Å². The molecule has 0 aliphatic carbocycles. The van der Waals surface area contributed by atoms with E-state index in [2.05, 4.69) is 25.9 Å². The van der Waals surface area contributed by atoms with Gasteiger partial charge in [0, 0.05) is 50.1 Å². The zero-order valence-electron chi connectivity index (χ0n) is 21.3. The fraction of sp³-hybridized carbons (Fsp3) is 0.269. The summed E-state index contributed by atoms with van der Waals surface area (Å²) in [7, 11) is 0. The molecule has 0 radical (unpaired) electrons. The molecule has 0 unspecified atom stereocenters. The average molecular weight is 574 g/mol. The SMILES string of the molecule is O=C(NCC(=O)N1CCN(c2ccc(-c3cc(CNc4ccon4)on3)cc2F)CC1)c1ccc(C(F)(F)F)nc1. The van der Waals surface area contributed by atoms with E-state index in [4.69, 9.17) is 9.05 Å². The number of piperazine rings is 1. The molecule has 1 aliphatic heterocycles. The Balaban J connectivity index is 1.10. The third-order valence-corrected chi connectivity index (χ3v) is 6.37. The van der Waals surface area contributed by atoms with Crippen molar-refractivity contribution in [2.24, 2.45) is 0 Å². The molecular formula is C26H23F4N7O4. The van der Waals surface area contributed by atoms with E-state index >= 15 is 4.39 Å². The minimum absolute atomic E-state index is 0.0976. The maximum atomic E-state index is 15.1. The van der Waals surface area contributed by atoms with E-state index in [-0.39, 0.29) is 18.0 Å². The lowest BCUT2D eigenvalue weighted by Crippen LogP contribution is -2.51. The number of hydrogen-bond acceptors (Lipinski definition) is 9. The first-order chi connectivity index (χ1) is 19.7. The zero-order valence-corrected chi connectivity index (χ0v) is 21.3. The van der Waals surface area contributed by atoms with Gasteiger partial charge in [-0.1, -0.05) is 16.4 Å². The van der Waals surface area contributed by atoms with Crippen LogP contribution in [0.5, 0.6) is 0 Å². The molecule has 2 N–H and O–H groups in total. The molecule has 4 aromatic rings. The van der Waals surface area contributed by atoms with E-state index in [9.17, 15) is 22.8 Å². The second-order valence-corrected chi connectivity index (χ2v) is 9.06. The maximum Gasteiger partial charge on any atom is 0.433 e. The number of pyridine rings is 1. The number of anilines is 2. The summed E-state index contributed by atoms with van der Waals surface area (Å²) in [6, 6.07) is 9.78. The van der Waals surface area contributed by atoms with Gasteiger partial charge >= 0.3 is 6.18 Å². The Morgan fingerprint density at radius 1 is 1.00 bits per heavy atom. The number of aromatic nitrogens is 3. The third-order valence-electron chi connectivity index (χ3n) is 6.37. The molecule has 1 fully saturated rings. The number of nitrogens with one attached hydrogen (secondary N) is 2. The number of carbonyl (C=O) groups is 2. The molecule has 0 bridgehead atoms. The molecule has 0 saturated carbocycles. The predicted molar refractivity (Wildman–Crippen MR) is 136 cm³/mol. The molecule has 3 aromatic heterocycles. The van der Waals surface area contributed by atoms with Crippen molar-refractivity contribution in [3.63, 3.8) is 0 Å². The monoisotopic (exact) mass is 573 g/mol. The molecule has 5 rings (SSSR count). The summed E-state index contributed by atoms with van der Waals surface area (Å²) in [6.07, 6.45) is -2.37. The Bertz CT molecular complexity index is 1500. The van der Waals surface area contributed by atoms with Crippen LogP contribution in [0.2, 0.25) is 0 Å². The van der Waals surface area contributed by atoms with Crippen molar-refractivity contribution < 1.29 is 36.2 Å². The summed E-state index contributed by atoms with van der Waals surface area (Å²) in [5.74, 6) is -0.467. The summed E-state index contributed by atoms with van der Waals surface area (Å²) in [5.41, 5.74) is 0.168. The van der Waals surface area contributed by atoms with Gasteiger partial charge < -0.3 is 29.5 Å². The minimum atomic E-state index is -4.61. The molecule has 15 heteroatoms. The summed E-state index contributed by atoms with van der Waals surface area (Å²) in [5, 5.41) is 13.1. The van der Waals surface area contributed by atoms with Gasteiger partial charge in [0.15, 0.2) is 11.6 Å². The fourth-order valence-corrected chi connectivity index (χ4v) is 4.20. The molecule has 1 aliphatic rings. The lowest BCUT2D eigenvalue weighted by Gasteiger charge is -2.36. The first kappa shape index (κ1) is 27.6. The summed E-state index contributed by atoms with van der Waals surface area (Å²) in [6.45, 7) is 1.29. The number of alkyl halides is 3. The van der Waals surface area contributed by atoms with Gasteiger partial charge in [0.05, 0.1) is 24.3 Å². The van der Waals surface area contributed by atoms with E-state index in [1.54, 1.807) is 24.3 Å². The smallest absolute Gasteiger partial charge is 0.366 e. The predicted octanol–water partition coefficient (Wildman–Crippen LogP) is 3.57. The van der Waals surface area contributed by atoms with Crippen molar-refractivity contribution in [1.29, 1.82) is 0 Å². The summed E-state index contributed by atoms with van der Waals surface area (Å²) < 4.78 is 63.0. The van der Waals surface area contributed by atoms with Crippen LogP contribution in [0.4, 0.5) is 29.1 Å². The number of carbonyl (C=O) groups excluding carboxylic acids is 2. The highest BCUT2D eigenvalue weighted by Crippen LogP contribution is 2.28. The van der Waals surface area contributed by atoms with Crippen molar-refractivity contribution in [3.05, 3.63) is 77.8 Å². The Labute approximate surface area is 230 Å². The Morgan fingerprint density at radius 2 is 1.80 bits per heavy atom. The lowest BCUT2D eigenvalue weighted by molar-refractivity contribution is -0.141. The van der Waals surface area contributed by atoms with Crippen LogP contribution < -0.4 is 15.5 Å². The second-order valence-electron chi connectivity index (χ2n) is 9.06. The van der Waals surface area contributed by atoms with Gasteiger partial charge in [-0.2, -0.15) is 13.2 Å². The third kappa shape index (κ3) is 6.62. The first-order valence-electron chi connectivity index (χ1n) is 12.4. The summed E-state index contributed by atoms with van der Waals surface area (Å²) in [4.78, 5) is 31.4. The van der Waals surface area contributed by atoms with E-state index in [0.717, 1.165) is 12.3 Å². The number of nitrogens with zero attached hydrogens (tertiary/aromatic N) is 5. The Kier molecular flexibility index (Phi) is 7.85. The van der Waals surface area contributed by atoms with E-state index < -0.39 is 23.6 Å². The second kappa shape index (κ2) is 11.7. The molecule has 41 heavy (non-hydrogen) atoms. The van der Waals surface area contributed by atoms with Crippen LogP contribution in [-0.2, 0) is 17.5 Å². The van der Waals surface area contributed by atoms with Crippen LogP contribution in [-0.4, -0.2) is 64.7 Å². The highest BCUT2D eigenvalue weighted by Gasteiger charge is 2.32. The quantitative estimate of drug-likeness (QED) is 0.304. The number of amides is 2. The molecule has 4 heterocycles. The summed E-state index contributed by atoms with van der Waals surface area (Å²) >= 11 is 0. The van der Waals surface area contributed by atoms with Gasteiger partial charge in [0.1, 0.15) is 23.5 Å². The normalized spacial score (nSPS) is 13.8. The molecular weight excluding hydrogens is 550 g/mol. The molecule has 2 amide bonds. The zero-order chi connectivity index (χ0) is 29.0. The molecule has 1 aromatic carbocycles. The van der Waals surface area contributed by atoms with Gasteiger partial charge in [0.2, 0.25) is 5.91 Å². The largest absolute Gasteiger partial charge is 0.433 e. The first-order valence-corrected chi connectivity index (χ1v) is 12.4. The van der Waals surface area contributed by atoms with Crippen molar-refractivity contribution in [2.75, 3.05) is 42.9 Å². The molecule has 0 atom stereocenters. The highest BCUT2D eigenvalue weighted by molar-refractivity contribution is 5.96. The lowest BCUT2D eigenvalue weighted by atomic mass is 10.1. The van der Waals surface area contributed by atoms with Crippen molar-refractivity contribution in [3.8, 4) is 11.3 Å². The maximum absolute atomic E-state index is 15.1. The van der Waals surface area contributed by atoms with Gasteiger partial charge in [-0.05, 0) is 24.3 Å². The van der Waals surface area contributed by atoms with E-state index in [0.29, 0.717) is 67.3 Å².